The Bertz CT molecular complexity index is 1130. The van der Waals surface area contributed by atoms with E-state index in [1.165, 1.54) is 6.21 Å². The van der Waals surface area contributed by atoms with E-state index >= 15 is 0 Å². The second-order valence-corrected chi connectivity index (χ2v) is 6.90. The van der Waals surface area contributed by atoms with Crippen LogP contribution in [0.1, 0.15) is 11.1 Å². The number of benzene rings is 3. The number of aryl methyl sites for hydroxylation is 1. The maximum absolute atomic E-state index is 12.1. The summed E-state index contributed by atoms with van der Waals surface area (Å²) in [5.74, 6) is -1.20. The maximum Gasteiger partial charge on any atom is 0.329 e. The van der Waals surface area contributed by atoms with Crippen LogP contribution in [0.2, 0.25) is 5.02 Å². The third kappa shape index (κ3) is 5.61. The Kier molecular flexibility index (Phi) is 7.24. The van der Waals surface area contributed by atoms with Crippen LogP contribution in [0.4, 0.5) is 17.1 Å². The number of hydrogen-bond donors (Lipinski definition) is 3. The van der Waals surface area contributed by atoms with Gasteiger partial charge >= 0.3 is 11.8 Å². The molecule has 3 aromatic rings. The maximum atomic E-state index is 12.1. The molecule has 0 radical (unpaired) electrons. The summed E-state index contributed by atoms with van der Waals surface area (Å²) < 4.78 is 5.45. The summed E-state index contributed by atoms with van der Waals surface area (Å²) >= 11 is 5.99. The molecule has 0 aromatic heterocycles. The fourth-order valence-electron chi connectivity index (χ4n) is 2.76. The zero-order valence-electron chi connectivity index (χ0n) is 17.0. The summed E-state index contributed by atoms with van der Waals surface area (Å²) in [6.45, 7) is 1.99. The van der Waals surface area contributed by atoms with Gasteiger partial charge in [-0.3, -0.25) is 9.59 Å². The summed E-state index contributed by atoms with van der Waals surface area (Å²) in [5.41, 5.74) is 5.86. The van der Waals surface area contributed by atoms with Crippen molar-refractivity contribution in [3.63, 3.8) is 0 Å². The van der Waals surface area contributed by atoms with Crippen LogP contribution in [0, 0.1) is 6.92 Å². The largest absolute Gasteiger partial charge is 0.495 e. The molecule has 0 spiro atoms. The first-order valence-corrected chi connectivity index (χ1v) is 9.76. The fraction of sp³-hybridized carbons (Fsp3) is 0.0870. The van der Waals surface area contributed by atoms with Gasteiger partial charge in [0.1, 0.15) is 5.75 Å². The predicted molar refractivity (Wildman–Crippen MR) is 123 cm³/mol. The molecule has 0 saturated carbocycles. The van der Waals surface area contributed by atoms with Gasteiger partial charge in [-0.1, -0.05) is 54.1 Å². The summed E-state index contributed by atoms with van der Waals surface area (Å²) in [5, 5.41) is 10.0. The Morgan fingerprint density at radius 3 is 2.35 bits per heavy atom. The summed E-state index contributed by atoms with van der Waals surface area (Å²) in [7, 11) is 1.57. The number of halogens is 1. The molecule has 0 fully saturated rings. The van der Waals surface area contributed by atoms with Gasteiger partial charge in [-0.15, -0.1) is 0 Å². The van der Waals surface area contributed by atoms with Crippen molar-refractivity contribution < 1.29 is 14.3 Å². The molecular formula is C23H21ClN4O3. The van der Waals surface area contributed by atoms with Gasteiger partial charge in [0.05, 0.1) is 29.7 Å². The quantitative estimate of drug-likeness (QED) is 0.301. The molecule has 2 amide bonds. The topological polar surface area (TPSA) is 91.8 Å². The number of hydrazone groups is 1. The molecule has 3 N–H and O–H groups in total. The average molecular weight is 437 g/mol. The van der Waals surface area contributed by atoms with Crippen molar-refractivity contribution in [3.05, 3.63) is 82.9 Å². The van der Waals surface area contributed by atoms with Crippen LogP contribution in [0.15, 0.2) is 71.8 Å². The van der Waals surface area contributed by atoms with Crippen LogP contribution in [0.25, 0.3) is 0 Å². The van der Waals surface area contributed by atoms with E-state index in [0.717, 1.165) is 11.3 Å². The van der Waals surface area contributed by atoms with Crippen molar-refractivity contribution >= 4 is 46.7 Å². The van der Waals surface area contributed by atoms with Gasteiger partial charge < -0.3 is 15.4 Å². The van der Waals surface area contributed by atoms with Gasteiger partial charge in [0.25, 0.3) is 0 Å². The monoisotopic (exact) mass is 436 g/mol. The SMILES string of the molecule is COc1cccc(/C=N\NC(=O)C(=O)Nc2ccccc2Cl)c1Nc1ccccc1C. The van der Waals surface area contributed by atoms with E-state index in [-0.39, 0.29) is 0 Å². The van der Waals surface area contributed by atoms with Gasteiger partial charge in [-0.2, -0.15) is 5.10 Å². The molecule has 0 aliphatic heterocycles. The number of nitrogens with one attached hydrogen (secondary N) is 3. The first-order chi connectivity index (χ1) is 15.0. The van der Waals surface area contributed by atoms with Crippen molar-refractivity contribution in [3.8, 4) is 5.75 Å². The Hall–Kier alpha value is -3.84. The van der Waals surface area contributed by atoms with Crippen LogP contribution >= 0.6 is 11.6 Å². The van der Waals surface area contributed by atoms with E-state index < -0.39 is 11.8 Å². The van der Waals surface area contributed by atoms with Crippen LogP contribution in [-0.2, 0) is 9.59 Å². The first-order valence-electron chi connectivity index (χ1n) is 9.38. The molecule has 0 heterocycles. The molecule has 3 rings (SSSR count). The molecule has 0 aliphatic rings. The molecule has 7 nitrogen and oxygen atoms in total. The molecular weight excluding hydrogens is 416 g/mol. The highest BCUT2D eigenvalue weighted by atomic mass is 35.5. The molecule has 3 aromatic carbocycles. The number of ether oxygens (including phenoxy) is 1. The highest BCUT2D eigenvalue weighted by molar-refractivity contribution is 6.41. The molecule has 0 aliphatic carbocycles. The number of carbonyl (C=O) groups is 2. The van der Waals surface area contributed by atoms with Gasteiger partial charge in [-0.05, 0) is 36.8 Å². The second kappa shape index (κ2) is 10.3. The predicted octanol–water partition coefficient (Wildman–Crippen LogP) is 4.49. The lowest BCUT2D eigenvalue weighted by Gasteiger charge is -2.15. The molecule has 0 atom stereocenters. The van der Waals surface area contributed by atoms with E-state index in [9.17, 15) is 9.59 Å². The zero-order valence-corrected chi connectivity index (χ0v) is 17.7. The Morgan fingerprint density at radius 1 is 0.935 bits per heavy atom. The number of para-hydroxylation sites is 3. The van der Waals surface area contributed by atoms with Crippen molar-refractivity contribution in [1.82, 2.24) is 5.43 Å². The van der Waals surface area contributed by atoms with Crippen LogP contribution in [-0.4, -0.2) is 25.1 Å². The van der Waals surface area contributed by atoms with Gasteiger partial charge in [-0.25, -0.2) is 5.43 Å². The van der Waals surface area contributed by atoms with Crippen LogP contribution in [0.5, 0.6) is 5.75 Å². The minimum atomic E-state index is -0.924. The highest BCUT2D eigenvalue weighted by Gasteiger charge is 2.14. The first kappa shape index (κ1) is 21.9. The highest BCUT2D eigenvalue weighted by Crippen LogP contribution is 2.31. The van der Waals surface area contributed by atoms with E-state index in [1.807, 2.05) is 43.3 Å². The minimum absolute atomic E-state index is 0.329. The number of rotatable bonds is 6. The lowest BCUT2D eigenvalue weighted by molar-refractivity contribution is -0.136. The van der Waals surface area contributed by atoms with Gasteiger partial charge in [0.15, 0.2) is 0 Å². The number of anilines is 3. The molecule has 0 saturated heterocycles. The normalized spacial score (nSPS) is 10.5. The van der Waals surface area contributed by atoms with Crippen molar-refractivity contribution in [2.45, 2.75) is 6.92 Å². The van der Waals surface area contributed by atoms with Gasteiger partial charge in [0.2, 0.25) is 0 Å². The standard InChI is InChI=1S/C23H21ClN4O3/c1-15-8-3-5-11-18(15)26-21-16(9-7-13-20(21)31-2)14-25-28-23(30)22(29)27-19-12-6-4-10-17(19)24/h3-14,26H,1-2H3,(H,27,29)(H,28,30)/b25-14-. The number of hydrogen-bond acceptors (Lipinski definition) is 5. The Balaban J connectivity index is 1.73. The number of amides is 2. The summed E-state index contributed by atoms with van der Waals surface area (Å²) in [6, 6.07) is 19.9. The van der Waals surface area contributed by atoms with Crippen molar-refractivity contribution in [2.24, 2.45) is 5.10 Å². The number of methoxy groups -OCH3 is 1. The average Bonchev–Trinajstić information content (AvgIpc) is 2.77. The third-order valence-electron chi connectivity index (χ3n) is 4.38. The fourth-order valence-corrected chi connectivity index (χ4v) is 2.94. The molecule has 31 heavy (non-hydrogen) atoms. The van der Waals surface area contributed by atoms with E-state index in [0.29, 0.717) is 27.7 Å². The van der Waals surface area contributed by atoms with Gasteiger partial charge in [0, 0.05) is 11.3 Å². The summed E-state index contributed by atoms with van der Waals surface area (Å²) in [4.78, 5) is 24.1. The van der Waals surface area contributed by atoms with Crippen molar-refractivity contribution in [1.29, 1.82) is 0 Å². The zero-order chi connectivity index (χ0) is 22.2. The lowest BCUT2D eigenvalue weighted by Crippen LogP contribution is -2.32. The van der Waals surface area contributed by atoms with E-state index in [2.05, 4.69) is 21.2 Å². The molecule has 0 unspecified atom stereocenters. The Morgan fingerprint density at radius 2 is 1.65 bits per heavy atom. The van der Waals surface area contributed by atoms with Crippen LogP contribution < -0.4 is 20.8 Å². The van der Waals surface area contributed by atoms with E-state index in [4.69, 9.17) is 16.3 Å². The lowest BCUT2D eigenvalue weighted by atomic mass is 10.1. The Labute approximate surface area is 185 Å². The molecule has 158 valence electrons. The van der Waals surface area contributed by atoms with Crippen molar-refractivity contribution in [2.75, 3.05) is 17.7 Å². The molecule has 8 heteroatoms. The van der Waals surface area contributed by atoms with Crippen LogP contribution in [0.3, 0.4) is 0 Å². The second-order valence-electron chi connectivity index (χ2n) is 6.50. The minimum Gasteiger partial charge on any atom is -0.495 e. The van der Waals surface area contributed by atoms with E-state index in [1.54, 1.807) is 37.4 Å². The summed E-state index contributed by atoms with van der Waals surface area (Å²) in [6.07, 6.45) is 1.43. The smallest absolute Gasteiger partial charge is 0.329 e. The third-order valence-corrected chi connectivity index (χ3v) is 4.71. The number of carbonyl (C=O) groups excluding carboxylic acids is 2. The molecule has 0 bridgehead atoms. The number of nitrogens with zero attached hydrogens (tertiary/aromatic N) is 1.